The summed E-state index contributed by atoms with van der Waals surface area (Å²) in [5.74, 6) is -0.173. The van der Waals surface area contributed by atoms with Crippen molar-refractivity contribution in [3.8, 4) is 22.3 Å². The minimum absolute atomic E-state index is 0.0237. The molecule has 2 atom stereocenters. The van der Waals surface area contributed by atoms with Crippen LogP contribution in [-0.4, -0.2) is 5.54 Å². The maximum absolute atomic E-state index is 14.3. The second kappa shape index (κ2) is 7.31. The van der Waals surface area contributed by atoms with Crippen molar-refractivity contribution < 1.29 is 4.39 Å². The molecule has 4 aromatic carbocycles. The molecule has 7 rings (SSSR count). The van der Waals surface area contributed by atoms with E-state index in [9.17, 15) is 4.39 Å². The van der Waals surface area contributed by atoms with E-state index in [1.807, 2.05) is 6.07 Å². The van der Waals surface area contributed by atoms with Crippen LogP contribution >= 0.6 is 0 Å². The van der Waals surface area contributed by atoms with Crippen molar-refractivity contribution in [3.63, 3.8) is 0 Å². The van der Waals surface area contributed by atoms with Gasteiger partial charge in [-0.05, 0) is 95.5 Å². The highest BCUT2D eigenvalue weighted by molar-refractivity contribution is 5.83. The molecular weight excluding hydrogens is 429 g/mol. The number of hydrogen-bond acceptors (Lipinski definition) is 1. The molecule has 1 fully saturated rings. The third kappa shape index (κ3) is 2.86. The first-order valence-electron chi connectivity index (χ1n) is 12.9. The molecule has 1 heterocycles. The van der Waals surface area contributed by atoms with E-state index in [0.29, 0.717) is 0 Å². The fourth-order valence-corrected chi connectivity index (χ4v) is 7.26. The van der Waals surface area contributed by atoms with Gasteiger partial charge in [0.05, 0.1) is 5.54 Å². The Morgan fingerprint density at radius 3 is 2.37 bits per heavy atom. The maximum atomic E-state index is 14.3. The number of benzene rings is 4. The number of hydrogen-bond donors (Lipinski definition) is 0. The predicted octanol–water partition coefficient (Wildman–Crippen LogP) is 8.81. The first-order chi connectivity index (χ1) is 17.0. The van der Waals surface area contributed by atoms with Gasteiger partial charge in [0.15, 0.2) is 0 Å². The molecule has 1 saturated carbocycles. The third-order valence-electron chi connectivity index (χ3n) is 9.30. The second-order valence-corrected chi connectivity index (χ2v) is 11.1. The minimum Gasteiger partial charge on any atom is -0.334 e. The lowest BCUT2D eigenvalue weighted by Gasteiger charge is -2.50. The molecule has 2 unspecified atom stereocenters. The SMILES string of the molecule is CC12CCCCC1(C)N(c1cccc(F)c1)c1ccc(-c3ccc4c(c3)Cc3ccccc3-4)cc12. The summed E-state index contributed by atoms with van der Waals surface area (Å²) in [6.07, 6.45) is 5.73. The fourth-order valence-electron chi connectivity index (χ4n) is 7.26. The molecule has 2 aliphatic carbocycles. The largest absolute Gasteiger partial charge is 0.334 e. The van der Waals surface area contributed by atoms with Gasteiger partial charge in [-0.2, -0.15) is 0 Å². The number of rotatable bonds is 2. The minimum atomic E-state index is -0.173. The molecule has 0 aromatic heterocycles. The maximum Gasteiger partial charge on any atom is 0.125 e. The van der Waals surface area contributed by atoms with Gasteiger partial charge < -0.3 is 4.90 Å². The lowest BCUT2D eigenvalue weighted by molar-refractivity contribution is 0.195. The summed E-state index contributed by atoms with van der Waals surface area (Å²) in [4.78, 5) is 2.44. The van der Waals surface area contributed by atoms with Gasteiger partial charge in [0, 0.05) is 16.8 Å². The molecule has 0 N–H and O–H groups in total. The van der Waals surface area contributed by atoms with Crippen molar-refractivity contribution in [2.24, 2.45) is 0 Å². The first-order valence-corrected chi connectivity index (χ1v) is 12.9. The van der Waals surface area contributed by atoms with Gasteiger partial charge in [0.25, 0.3) is 0 Å². The molecule has 0 spiro atoms. The number of fused-ring (bicyclic) bond motifs is 6. The Bertz CT molecular complexity index is 1490. The monoisotopic (exact) mass is 459 g/mol. The van der Waals surface area contributed by atoms with Gasteiger partial charge in [-0.15, -0.1) is 0 Å². The number of anilines is 2. The Balaban J connectivity index is 1.36. The molecule has 1 aliphatic heterocycles. The van der Waals surface area contributed by atoms with Crippen molar-refractivity contribution in [2.75, 3.05) is 4.90 Å². The molecule has 4 aromatic rings. The normalized spacial score (nSPS) is 24.0. The zero-order valence-corrected chi connectivity index (χ0v) is 20.4. The molecule has 0 amide bonds. The van der Waals surface area contributed by atoms with E-state index in [1.54, 1.807) is 6.07 Å². The molecule has 174 valence electrons. The highest BCUT2D eigenvalue weighted by Crippen LogP contribution is 2.61. The summed E-state index contributed by atoms with van der Waals surface area (Å²) in [6, 6.07) is 29.8. The third-order valence-corrected chi connectivity index (χ3v) is 9.30. The van der Waals surface area contributed by atoms with Crippen LogP contribution < -0.4 is 4.90 Å². The van der Waals surface area contributed by atoms with Crippen LogP contribution in [0, 0.1) is 5.82 Å². The molecule has 2 heteroatoms. The van der Waals surface area contributed by atoms with E-state index in [2.05, 4.69) is 85.5 Å². The number of halogens is 1. The highest BCUT2D eigenvalue weighted by atomic mass is 19.1. The summed E-state index contributed by atoms with van der Waals surface area (Å²) >= 11 is 0. The van der Waals surface area contributed by atoms with Gasteiger partial charge in [-0.1, -0.05) is 74.4 Å². The van der Waals surface area contributed by atoms with Crippen LogP contribution in [0.5, 0.6) is 0 Å². The highest BCUT2D eigenvalue weighted by Gasteiger charge is 2.57. The molecule has 35 heavy (non-hydrogen) atoms. The fraction of sp³-hybridized carbons (Fsp3) is 0.273. The molecule has 3 aliphatic rings. The molecule has 1 nitrogen and oxygen atoms in total. The van der Waals surface area contributed by atoms with Crippen LogP contribution in [0.3, 0.4) is 0 Å². The Morgan fingerprint density at radius 2 is 1.49 bits per heavy atom. The van der Waals surface area contributed by atoms with E-state index in [-0.39, 0.29) is 16.8 Å². The molecule has 0 radical (unpaired) electrons. The van der Waals surface area contributed by atoms with E-state index in [0.717, 1.165) is 24.9 Å². The summed E-state index contributed by atoms with van der Waals surface area (Å²) < 4.78 is 14.3. The molecular formula is C33H30FN. The summed E-state index contributed by atoms with van der Waals surface area (Å²) in [6.45, 7) is 4.83. The van der Waals surface area contributed by atoms with Crippen LogP contribution in [0.2, 0.25) is 0 Å². The topological polar surface area (TPSA) is 3.24 Å². The van der Waals surface area contributed by atoms with Gasteiger partial charge >= 0.3 is 0 Å². The Kier molecular flexibility index (Phi) is 4.37. The van der Waals surface area contributed by atoms with Gasteiger partial charge in [-0.3, -0.25) is 0 Å². The van der Waals surface area contributed by atoms with E-state index in [4.69, 9.17) is 0 Å². The quantitative estimate of drug-likeness (QED) is 0.255. The van der Waals surface area contributed by atoms with Crippen LogP contribution in [0.15, 0.2) is 84.9 Å². The lowest BCUT2D eigenvalue weighted by Crippen LogP contribution is -2.54. The van der Waals surface area contributed by atoms with Gasteiger partial charge in [0.1, 0.15) is 5.82 Å². The van der Waals surface area contributed by atoms with Crippen molar-refractivity contribution in [2.45, 2.75) is 56.9 Å². The van der Waals surface area contributed by atoms with Gasteiger partial charge in [-0.25, -0.2) is 4.39 Å². The molecule has 0 saturated heterocycles. The zero-order valence-electron chi connectivity index (χ0n) is 20.4. The Labute approximate surface area is 207 Å². The molecule has 0 bridgehead atoms. The van der Waals surface area contributed by atoms with E-state index in [1.165, 1.54) is 63.5 Å². The Morgan fingerprint density at radius 1 is 0.714 bits per heavy atom. The van der Waals surface area contributed by atoms with Crippen LogP contribution in [0.4, 0.5) is 15.8 Å². The second-order valence-electron chi connectivity index (χ2n) is 11.1. The van der Waals surface area contributed by atoms with Crippen molar-refractivity contribution >= 4 is 11.4 Å². The van der Waals surface area contributed by atoms with Crippen LogP contribution in [0.25, 0.3) is 22.3 Å². The Hall–Kier alpha value is -3.39. The van der Waals surface area contributed by atoms with Gasteiger partial charge in [0.2, 0.25) is 0 Å². The smallest absolute Gasteiger partial charge is 0.125 e. The summed E-state index contributed by atoms with van der Waals surface area (Å²) in [7, 11) is 0. The average Bonchev–Trinajstić information content (AvgIpc) is 3.33. The first kappa shape index (κ1) is 20.9. The van der Waals surface area contributed by atoms with Crippen LogP contribution in [-0.2, 0) is 11.8 Å². The van der Waals surface area contributed by atoms with E-state index >= 15 is 0 Å². The van der Waals surface area contributed by atoms with Crippen LogP contribution in [0.1, 0.15) is 56.2 Å². The van der Waals surface area contributed by atoms with E-state index < -0.39 is 0 Å². The predicted molar refractivity (Wildman–Crippen MR) is 143 cm³/mol. The van der Waals surface area contributed by atoms with Crippen molar-refractivity contribution in [1.82, 2.24) is 0 Å². The van der Waals surface area contributed by atoms with Crippen molar-refractivity contribution in [3.05, 3.63) is 107 Å². The van der Waals surface area contributed by atoms with Crippen molar-refractivity contribution in [1.29, 1.82) is 0 Å². The summed E-state index contributed by atoms with van der Waals surface area (Å²) in [5.41, 5.74) is 11.7. The summed E-state index contributed by atoms with van der Waals surface area (Å²) in [5, 5.41) is 0. The number of nitrogens with zero attached hydrogens (tertiary/aromatic N) is 1. The average molecular weight is 460 g/mol. The standard InChI is InChI=1S/C33H30FN/c1-32-16-5-6-17-33(32,2)35(27-10-7-9-26(34)21-27)31-15-13-23(20-30(31)32)22-12-14-29-25(18-22)19-24-8-3-4-11-28(24)29/h3-4,7-15,18,20-21H,5-6,16-17,19H2,1-2H3. The zero-order chi connectivity index (χ0) is 23.8. The lowest BCUT2D eigenvalue weighted by atomic mass is 9.61.